The van der Waals surface area contributed by atoms with Crippen molar-refractivity contribution in [1.29, 1.82) is 0 Å². The number of rotatable bonds is 3. The third-order valence-corrected chi connectivity index (χ3v) is 3.52. The fraction of sp³-hybridized carbons (Fsp3) is 0.200. The van der Waals surface area contributed by atoms with Gasteiger partial charge in [-0.1, -0.05) is 22.0 Å². The fourth-order valence-electron chi connectivity index (χ4n) is 1.74. The number of phenols is 1. The highest BCUT2D eigenvalue weighted by molar-refractivity contribution is 9.10. The zero-order valence-electron chi connectivity index (χ0n) is 10.5. The van der Waals surface area contributed by atoms with Crippen LogP contribution in [0.5, 0.6) is 5.75 Å². The average molecular weight is 306 g/mol. The van der Waals surface area contributed by atoms with Crippen molar-refractivity contribution in [3.8, 4) is 5.75 Å². The lowest BCUT2D eigenvalue weighted by Crippen LogP contribution is -2.00. The average Bonchev–Trinajstić information content (AvgIpc) is 2.34. The summed E-state index contributed by atoms with van der Waals surface area (Å²) in [6, 6.07) is 11.7. The van der Waals surface area contributed by atoms with Gasteiger partial charge in [-0.15, -0.1) is 0 Å². The van der Waals surface area contributed by atoms with Crippen LogP contribution in [0.15, 0.2) is 40.9 Å². The van der Waals surface area contributed by atoms with Gasteiger partial charge in [0.15, 0.2) is 0 Å². The molecule has 0 aliphatic carbocycles. The van der Waals surface area contributed by atoms with E-state index >= 15 is 0 Å². The maximum atomic E-state index is 9.75. The summed E-state index contributed by atoms with van der Waals surface area (Å²) < 4.78 is 0.970. The predicted octanol–water partition coefficient (Wildman–Crippen LogP) is 4.38. The Morgan fingerprint density at radius 1 is 1.06 bits per heavy atom. The van der Waals surface area contributed by atoms with Crippen LogP contribution in [0, 0.1) is 13.8 Å². The molecule has 2 aromatic carbocycles. The van der Waals surface area contributed by atoms with Crippen LogP contribution < -0.4 is 5.32 Å². The summed E-state index contributed by atoms with van der Waals surface area (Å²) in [6.07, 6.45) is 0. The molecule has 0 aliphatic rings. The molecule has 0 heterocycles. The number of aryl methyl sites for hydroxylation is 2. The summed E-state index contributed by atoms with van der Waals surface area (Å²) in [5, 5.41) is 13.1. The van der Waals surface area contributed by atoms with Crippen LogP contribution >= 0.6 is 15.9 Å². The molecule has 0 fully saturated rings. The maximum Gasteiger partial charge on any atom is 0.120 e. The Morgan fingerprint density at radius 3 is 2.56 bits per heavy atom. The Bertz CT molecular complexity index is 566. The van der Waals surface area contributed by atoms with E-state index in [-0.39, 0.29) is 0 Å². The van der Waals surface area contributed by atoms with Crippen LogP contribution in [0.1, 0.15) is 16.7 Å². The van der Waals surface area contributed by atoms with Crippen LogP contribution in [0.25, 0.3) is 0 Å². The molecule has 0 saturated carbocycles. The first-order chi connectivity index (χ1) is 8.56. The van der Waals surface area contributed by atoms with E-state index in [9.17, 15) is 5.11 Å². The van der Waals surface area contributed by atoms with E-state index in [2.05, 4.69) is 53.3 Å². The van der Waals surface area contributed by atoms with Crippen molar-refractivity contribution in [3.63, 3.8) is 0 Å². The minimum Gasteiger partial charge on any atom is -0.508 e. The number of benzene rings is 2. The van der Waals surface area contributed by atoms with Gasteiger partial charge in [-0.25, -0.2) is 0 Å². The van der Waals surface area contributed by atoms with Crippen molar-refractivity contribution < 1.29 is 5.11 Å². The van der Waals surface area contributed by atoms with Crippen molar-refractivity contribution in [2.45, 2.75) is 20.4 Å². The van der Waals surface area contributed by atoms with Crippen molar-refractivity contribution in [1.82, 2.24) is 0 Å². The SMILES string of the molecule is Cc1ccc(NCc2cc(Br)ccc2O)cc1C. The second kappa shape index (κ2) is 5.44. The number of hydrogen-bond donors (Lipinski definition) is 2. The van der Waals surface area contributed by atoms with Crippen LogP contribution in [0.2, 0.25) is 0 Å². The first kappa shape index (κ1) is 13.0. The van der Waals surface area contributed by atoms with Crippen molar-refractivity contribution >= 4 is 21.6 Å². The van der Waals surface area contributed by atoms with Gasteiger partial charge >= 0.3 is 0 Å². The van der Waals surface area contributed by atoms with Crippen molar-refractivity contribution in [2.75, 3.05) is 5.32 Å². The molecule has 18 heavy (non-hydrogen) atoms. The Hall–Kier alpha value is -1.48. The molecule has 0 atom stereocenters. The number of nitrogens with one attached hydrogen (secondary N) is 1. The fourth-order valence-corrected chi connectivity index (χ4v) is 2.15. The molecule has 94 valence electrons. The van der Waals surface area contributed by atoms with Gasteiger partial charge < -0.3 is 10.4 Å². The quantitative estimate of drug-likeness (QED) is 0.882. The maximum absolute atomic E-state index is 9.75. The normalized spacial score (nSPS) is 10.4. The standard InChI is InChI=1S/C15H16BrNO/c1-10-3-5-14(7-11(10)2)17-9-12-8-13(16)4-6-15(12)18/h3-8,17-18H,9H2,1-2H3. The number of phenolic OH excluding ortho intramolecular Hbond substituents is 1. The highest BCUT2D eigenvalue weighted by atomic mass is 79.9. The summed E-state index contributed by atoms with van der Waals surface area (Å²) in [7, 11) is 0. The molecule has 0 spiro atoms. The minimum absolute atomic E-state index is 0.314. The van der Waals surface area contributed by atoms with E-state index in [0.717, 1.165) is 15.7 Å². The molecule has 0 unspecified atom stereocenters. The van der Waals surface area contributed by atoms with E-state index in [1.165, 1.54) is 11.1 Å². The Kier molecular flexibility index (Phi) is 3.92. The van der Waals surface area contributed by atoms with Crippen LogP contribution in [-0.4, -0.2) is 5.11 Å². The topological polar surface area (TPSA) is 32.3 Å². The smallest absolute Gasteiger partial charge is 0.120 e. The van der Waals surface area contributed by atoms with Crippen molar-refractivity contribution in [3.05, 3.63) is 57.6 Å². The lowest BCUT2D eigenvalue weighted by atomic mass is 10.1. The van der Waals surface area contributed by atoms with Crippen LogP contribution in [0.3, 0.4) is 0 Å². The number of halogens is 1. The van der Waals surface area contributed by atoms with E-state index in [0.29, 0.717) is 12.3 Å². The van der Waals surface area contributed by atoms with Crippen molar-refractivity contribution in [2.24, 2.45) is 0 Å². The zero-order valence-corrected chi connectivity index (χ0v) is 12.1. The highest BCUT2D eigenvalue weighted by Gasteiger charge is 2.02. The summed E-state index contributed by atoms with van der Waals surface area (Å²) in [5.74, 6) is 0.314. The highest BCUT2D eigenvalue weighted by Crippen LogP contribution is 2.23. The van der Waals surface area contributed by atoms with Gasteiger partial charge in [-0.05, 0) is 55.3 Å². The lowest BCUT2D eigenvalue weighted by molar-refractivity contribution is 0.469. The third kappa shape index (κ3) is 3.05. The Morgan fingerprint density at radius 2 is 1.83 bits per heavy atom. The molecule has 3 heteroatoms. The van der Waals surface area contributed by atoms with Gasteiger partial charge in [0.05, 0.1) is 0 Å². The Labute approximate surface area is 116 Å². The molecule has 0 aliphatic heterocycles. The monoisotopic (exact) mass is 305 g/mol. The summed E-state index contributed by atoms with van der Waals surface area (Å²) in [4.78, 5) is 0. The first-order valence-corrected chi connectivity index (χ1v) is 6.64. The molecule has 2 N–H and O–H groups in total. The van der Waals surface area contributed by atoms with Crippen LogP contribution in [-0.2, 0) is 6.54 Å². The van der Waals surface area contributed by atoms with E-state index in [1.54, 1.807) is 6.07 Å². The van der Waals surface area contributed by atoms with E-state index < -0.39 is 0 Å². The zero-order chi connectivity index (χ0) is 13.1. The van der Waals surface area contributed by atoms with Crippen LogP contribution in [0.4, 0.5) is 5.69 Å². The molecule has 2 aromatic rings. The number of aromatic hydroxyl groups is 1. The molecule has 0 aromatic heterocycles. The number of anilines is 1. The molecule has 2 rings (SSSR count). The van der Waals surface area contributed by atoms with E-state index in [1.807, 2.05) is 12.1 Å². The van der Waals surface area contributed by atoms with Gasteiger partial charge in [0.25, 0.3) is 0 Å². The number of hydrogen-bond acceptors (Lipinski definition) is 2. The largest absolute Gasteiger partial charge is 0.508 e. The molecule has 0 bridgehead atoms. The first-order valence-electron chi connectivity index (χ1n) is 5.85. The minimum atomic E-state index is 0.314. The predicted molar refractivity (Wildman–Crippen MR) is 79.0 cm³/mol. The molecular weight excluding hydrogens is 290 g/mol. The van der Waals surface area contributed by atoms with Gasteiger partial charge in [0.1, 0.15) is 5.75 Å². The van der Waals surface area contributed by atoms with Gasteiger partial charge in [0, 0.05) is 22.3 Å². The summed E-state index contributed by atoms with van der Waals surface area (Å²) in [6.45, 7) is 4.80. The Balaban J connectivity index is 2.11. The lowest BCUT2D eigenvalue weighted by Gasteiger charge is -2.10. The second-order valence-corrected chi connectivity index (χ2v) is 5.34. The van der Waals surface area contributed by atoms with Gasteiger partial charge in [-0.2, -0.15) is 0 Å². The molecule has 0 radical (unpaired) electrons. The molecule has 0 saturated heterocycles. The molecular formula is C15H16BrNO. The summed E-state index contributed by atoms with van der Waals surface area (Å²) in [5.41, 5.74) is 4.49. The van der Waals surface area contributed by atoms with E-state index in [4.69, 9.17) is 0 Å². The van der Waals surface area contributed by atoms with Gasteiger partial charge in [0.2, 0.25) is 0 Å². The molecule has 2 nitrogen and oxygen atoms in total. The summed E-state index contributed by atoms with van der Waals surface area (Å²) >= 11 is 3.40. The second-order valence-electron chi connectivity index (χ2n) is 4.43. The molecule has 0 amide bonds. The van der Waals surface area contributed by atoms with Gasteiger partial charge in [-0.3, -0.25) is 0 Å². The third-order valence-electron chi connectivity index (χ3n) is 3.03.